The van der Waals surface area contributed by atoms with Gasteiger partial charge in [0.2, 0.25) is 0 Å². The van der Waals surface area contributed by atoms with Crippen molar-refractivity contribution in [1.82, 2.24) is 9.97 Å². The van der Waals surface area contributed by atoms with E-state index >= 15 is 0 Å². The molecule has 21 heavy (non-hydrogen) atoms. The number of nitrogens with one attached hydrogen (secondary N) is 2. The van der Waals surface area contributed by atoms with Gasteiger partial charge in [-0.2, -0.15) is 0 Å². The third kappa shape index (κ3) is 5.18. The van der Waals surface area contributed by atoms with Gasteiger partial charge in [-0.3, -0.25) is 0 Å². The molecule has 1 fully saturated rings. The fourth-order valence-electron chi connectivity index (χ4n) is 3.08. The Morgan fingerprint density at radius 1 is 1.14 bits per heavy atom. The zero-order valence-corrected chi connectivity index (χ0v) is 13.8. The number of hydrogen-bond donors (Lipinski definition) is 2. The number of nitrogens with zero attached hydrogens (tertiary/aromatic N) is 2. The van der Waals surface area contributed by atoms with Crippen LogP contribution in [0.4, 0.5) is 11.6 Å². The van der Waals surface area contributed by atoms with E-state index in [1.54, 1.807) is 0 Å². The van der Waals surface area contributed by atoms with Crippen molar-refractivity contribution in [2.75, 3.05) is 23.7 Å². The minimum Gasteiger partial charge on any atom is -0.370 e. The first-order valence-electron chi connectivity index (χ1n) is 8.57. The zero-order chi connectivity index (χ0) is 15.1. The van der Waals surface area contributed by atoms with Gasteiger partial charge < -0.3 is 10.6 Å². The highest BCUT2D eigenvalue weighted by molar-refractivity contribution is 5.47. The van der Waals surface area contributed by atoms with Crippen LogP contribution in [0.3, 0.4) is 0 Å². The van der Waals surface area contributed by atoms with Crippen molar-refractivity contribution in [3.8, 4) is 0 Å². The molecule has 0 radical (unpaired) electrons. The molecule has 1 aromatic heterocycles. The van der Waals surface area contributed by atoms with Crippen LogP contribution >= 0.6 is 0 Å². The zero-order valence-electron chi connectivity index (χ0n) is 13.8. The van der Waals surface area contributed by atoms with E-state index in [9.17, 15) is 0 Å². The Balaban J connectivity index is 1.94. The molecule has 118 valence electrons. The molecule has 1 aromatic rings. The fourth-order valence-corrected chi connectivity index (χ4v) is 3.08. The SMILES string of the molecule is CCCNc1cc(NCC2CCCC(C)C2)nc(CC)n1. The van der Waals surface area contributed by atoms with Gasteiger partial charge in [-0.15, -0.1) is 0 Å². The number of aryl methyl sites for hydroxylation is 1. The third-order valence-corrected chi connectivity index (χ3v) is 4.26. The van der Waals surface area contributed by atoms with Crippen LogP contribution in [0.5, 0.6) is 0 Å². The Hall–Kier alpha value is -1.32. The van der Waals surface area contributed by atoms with Gasteiger partial charge in [-0.1, -0.05) is 33.6 Å². The van der Waals surface area contributed by atoms with Crippen LogP contribution in [0, 0.1) is 11.8 Å². The van der Waals surface area contributed by atoms with Gasteiger partial charge in [0.05, 0.1) is 0 Å². The monoisotopic (exact) mass is 290 g/mol. The van der Waals surface area contributed by atoms with Gasteiger partial charge >= 0.3 is 0 Å². The van der Waals surface area contributed by atoms with Crippen molar-refractivity contribution in [1.29, 1.82) is 0 Å². The molecule has 0 bridgehead atoms. The molecule has 0 aromatic carbocycles. The second-order valence-corrected chi connectivity index (χ2v) is 6.35. The Kier molecular flexibility index (Phi) is 6.27. The minimum atomic E-state index is 0.792. The molecule has 2 unspecified atom stereocenters. The normalized spacial score (nSPS) is 22.0. The van der Waals surface area contributed by atoms with Crippen LogP contribution in [0.1, 0.15) is 58.7 Å². The summed E-state index contributed by atoms with van der Waals surface area (Å²) in [6.45, 7) is 8.64. The molecule has 2 atom stereocenters. The van der Waals surface area contributed by atoms with Crippen molar-refractivity contribution >= 4 is 11.6 Å². The average Bonchev–Trinajstić information content (AvgIpc) is 2.51. The van der Waals surface area contributed by atoms with E-state index in [0.717, 1.165) is 55.2 Å². The van der Waals surface area contributed by atoms with Crippen LogP contribution < -0.4 is 10.6 Å². The largest absolute Gasteiger partial charge is 0.370 e. The lowest BCUT2D eigenvalue weighted by atomic mass is 9.82. The van der Waals surface area contributed by atoms with Gasteiger partial charge in [0.15, 0.2) is 0 Å². The van der Waals surface area contributed by atoms with E-state index in [0.29, 0.717) is 0 Å². The van der Waals surface area contributed by atoms with Crippen LogP contribution in [0.15, 0.2) is 6.07 Å². The van der Waals surface area contributed by atoms with Crippen LogP contribution in [0.2, 0.25) is 0 Å². The van der Waals surface area contributed by atoms with Gasteiger partial charge in [-0.05, 0) is 31.1 Å². The van der Waals surface area contributed by atoms with Crippen molar-refractivity contribution in [2.45, 2.75) is 59.3 Å². The summed E-state index contributed by atoms with van der Waals surface area (Å²) in [4.78, 5) is 9.14. The van der Waals surface area contributed by atoms with Gasteiger partial charge in [0.1, 0.15) is 17.5 Å². The van der Waals surface area contributed by atoms with Gasteiger partial charge in [-0.25, -0.2) is 9.97 Å². The standard InChI is InChI=1S/C17H30N4/c1-4-9-18-16-11-17(21-15(5-2)20-16)19-12-14-8-6-7-13(3)10-14/h11,13-14H,4-10,12H2,1-3H3,(H2,18,19,20,21). The molecule has 0 amide bonds. The molecule has 4 nitrogen and oxygen atoms in total. The van der Waals surface area contributed by atoms with Gasteiger partial charge in [0.25, 0.3) is 0 Å². The molecule has 0 aliphatic heterocycles. The lowest BCUT2D eigenvalue weighted by molar-refractivity contribution is 0.293. The lowest BCUT2D eigenvalue weighted by Gasteiger charge is -2.27. The quantitative estimate of drug-likeness (QED) is 0.794. The highest BCUT2D eigenvalue weighted by atomic mass is 15.1. The highest BCUT2D eigenvalue weighted by Gasteiger charge is 2.18. The number of rotatable bonds is 7. The molecular formula is C17H30N4. The first-order valence-corrected chi connectivity index (χ1v) is 8.57. The second kappa shape index (κ2) is 8.20. The van der Waals surface area contributed by atoms with Crippen LogP contribution in [-0.4, -0.2) is 23.1 Å². The third-order valence-electron chi connectivity index (χ3n) is 4.26. The lowest BCUT2D eigenvalue weighted by Crippen LogP contribution is -2.21. The Bertz CT molecular complexity index is 433. The van der Waals surface area contributed by atoms with Crippen molar-refractivity contribution in [3.05, 3.63) is 11.9 Å². The topological polar surface area (TPSA) is 49.8 Å². The van der Waals surface area contributed by atoms with Crippen LogP contribution in [-0.2, 0) is 6.42 Å². The van der Waals surface area contributed by atoms with E-state index in [4.69, 9.17) is 0 Å². The molecule has 4 heteroatoms. The van der Waals surface area contributed by atoms with E-state index in [1.807, 2.05) is 6.07 Å². The van der Waals surface area contributed by atoms with Crippen molar-refractivity contribution in [3.63, 3.8) is 0 Å². The summed E-state index contributed by atoms with van der Waals surface area (Å²) >= 11 is 0. The number of anilines is 2. The molecule has 1 saturated carbocycles. The number of hydrogen-bond acceptors (Lipinski definition) is 4. The molecule has 1 heterocycles. The molecule has 0 spiro atoms. The second-order valence-electron chi connectivity index (χ2n) is 6.35. The molecular weight excluding hydrogens is 260 g/mol. The summed E-state index contributed by atoms with van der Waals surface area (Å²) in [7, 11) is 0. The summed E-state index contributed by atoms with van der Waals surface area (Å²) in [6, 6.07) is 2.04. The molecule has 1 aliphatic carbocycles. The maximum absolute atomic E-state index is 4.60. The first-order chi connectivity index (χ1) is 10.2. The Morgan fingerprint density at radius 3 is 2.57 bits per heavy atom. The highest BCUT2D eigenvalue weighted by Crippen LogP contribution is 2.28. The minimum absolute atomic E-state index is 0.792. The first kappa shape index (κ1) is 16.1. The summed E-state index contributed by atoms with van der Waals surface area (Å²) in [5.74, 6) is 4.50. The Morgan fingerprint density at radius 2 is 1.90 bits per heavy atom. The smallest absolute Gasteiger partial charge is 0.132 e. The molecule has 1 aliphatic rings. The summed E-state index contributed by atoms with van der Waals surface area (Å²) in [5.41, 5.74) is 0. The molecule has 2 rings (SSSR count). The predicted molar refractivity (Wildman–Crippen MR) is 89.8 cm³/mol. The predicted octanol–water partition coefficient (Wildman–Crippen LogP) is 4.10. The summed E-state index contributed by atoms with van der Waals surface area (Å²) in [5, 5.41) is 6.90. The number of aromatic nitrogens is 2. The fraction of sp³-hybridized carbons (Fsp3) is 0.765. The van der Waals surface area contributed by atoms with Crippen LogP contribution in [0.25, 0.3) is 0 Å². The van der Waals surface area contributed by atoms with E-state index in [1.165, 1.54) is 25.7 Å². The van der Waals surface area contributed by atoms with Crippen molar-refractivity contribution < 1.29 is 0 Å². The summed E-state index contributed by atoms with van der Waals surface area (Å²) in [6.07, 6.45) is 7.45. The maximum Gasteiger partial charge on any atom is 0.132 e. The molecule has 0 saturated heterocycles. The van der Waals surface area contributed by atoms with E-state index in [-0.39, 0.29) is 0 Å². The average molecular weight is 290 g/mol. The molecule has 2 N–H and O–H groups in total. The Labute approximate surface area is 129 Å². The van der Waals surface area contributed by atoms with E-state index < -0.39 is 0 Å². The summed E-state index contributed by atoms with van der Waals surface area (Å²) < 4.78 is 0. The van der Waals surface area contributed by atoms with Crippen molar-refractivity contribution in [2.24, 2.45) is 11.8 Å². The maximum atomic E-state index is 4.60. The van der Waals surface area contributed by atoms with E-state index in [2.05, 4.69) is 41.4 Å². The van der Waals surface area contributed by atoms with Gasteiger partial charge in [0, 0.05) is 25.6 Å².